The highest BCUT2D eigenvalue weighted by Gasteiger charge is 2.00. The zero-order valence-electron chi connectivity index (χ0n) is 12.4. The van der Waals surface area contributed by atoms with Gasteiger partial charge in [-0.1, -0.05) is 64.7 Å². The molecule has 18 heavy (non-hydrogen) atoms. The Morgan fingerprint density at radius 1 is 0.722 bits per heavy atom. The Balaban J connectivity index is 3.04. The minimum Gasteiger partial charge on any atom is -0.330 e. The summed E-state index contributed by atoms with van der Waals surface area (Å²) in [5, 5.41) is 0. The Kier molecular flexibility index (Phi) is 14.4. The molecule has 0 fully saturated rings. The number of Topliss-reactive ketones (excluding diaryl/α,β-unsaturated/α-hetero) is 1. The van der Waals surface area contributed by atoms with Gasteiger partial charge in [-0.15, -0.1) is 0 Å². The summed E-state index contributed by atoms with van der Waals surface area (Å²) in [5.41, 5.74) is 5.38. The molecule has 0 aromatic carbocycles. The molecule has 0 aromatic heterocycles. The average Bonchev–Trinajstić information content (AvgIpc) is 2.38. The van der Waals surface area contributed by atoms with Gasteiger partial charge in [-0.2, -0.15) is 0 Å². The molecule has 0 radical (unpaired) electrons. The number of hydrogen-bond acceptors (Lipinski definition) is 2. The predicted molar refractivity (Wildman–Crippen MR) is 79.8 cm³/mol. The summed E-state index contributed by atoms with van der Waals surface area (Å²) in [6.07, 6.45) is 15.6. The number of ketones is 1. The lowest BCUT2D eigenvalue weighted by atomic mass is 10.0. The maximum Gasteiger partial charge on any atom is 0.132 e. The van der Waals surface area contributed by atoms with E-state index in [1.165, 1.54) is 57.8 Å². The van der Waals surface area contributed by atoms with Crippen LogP contribution >= 0.6 is 0 Å². The van der Waals surface area contributed by atoms with Gasteiger partial charge in [0.1, 0.15) is 5.78 Å². The lowest BCUT2D eigenvalue weighted by Gasteiger charge is -2.02. The molecule has 0 aliphatic rings. The fourth-order valence-corrected chi connectivity index (χ4v) is 2.23. The van der Waals surface area contributed by atoms with Gasteiger partial charge in [0.15, 0.2) is 0 Å². The lowest BCUT2D eigenvalue weighted by molar-refractivity contribution is -0.119. The molecule has 108 valence electrons. The third kappa shape index (κ3) is 13.7. The Morgan fingerprint density at radius 2 is 1.17 bits per heavy atom. The fraction of sp³-hybridized carbons (Fsp3) is 0.938. The number of unbranched alkanes of at least 4 members (excludes halogenated alkanes) is 9. The SMILES string of the molecule is CCCCCCCCCCCCC(=O)CCCN. The number of carbonyl (C=O) groups excluding carboxylic acids is 1. The fourth-order valence-electron chi connectivity index (χ4n) is 2.23. The zero-order chi connectivity index (χ0) is 13.5. The van der Waals surface area contributed by atoms with Crippen molar-refractivity contribution in [3.05, 3.63) is 0 Å². The van der Waals surface area contributed by atoms with Gasteiger partial charge in [-0.3, -0.25) is 4.79 Å². The van der Waals surface area contributed by atoms with Crippen molar-refractivity contribution in [1.82, 2.24) is 0 Å². The van der Waals surface area contributed by atoms with E-state index < -0.39 is 0 Å². The van der Waals surface area contributed by atoms with Crippen molar-refractivity contribution in [2.75, 3.05) is 6.54 Å². The number of hydrogen-bond donors (Lipinski definition) is 1. The number of carbonyl (C=O) groups is 1. The first kappa shape index (κ1) is 17.6. The molecule has 0 heterocycles. The number of nitrogens with two attached hydrogens (primary N) is 1. The summed E-state index contributed by atoms with van der Waals surface area (Å²) in [6.45, 7) is 2.90. The molecule has 0 spiro atoms. The topological polar surface area (TPSA) is 43.1 Å². The molecule has 0 unspecified atom stereocenters. The van der Waals surface area contributed by atoms with Crippen molar-refractivity contribution in [3.8, 4) is 0 Å². The van der Waals surface area contributed by atoms with Crippen LogP contribution in [0.2, 0.25) is 0 Å². The summed E-state index contributed by atoms with van der Waals surface area (Å²) in [4.78, 5) is 11.4. The summed E-state index contributed by atoms with van der Waals surface area (Å²) in [7, 11) is 0. The number of rotatable bonds is 14. The minimum atomic E-state index is 0.403. The van der Waals surface area contributed by atoms with E-state index in [1.54, 1.807) is 0 Å². The van der Waals surface area contributed by atoms with E-state index in [4.69, 9.17) is 5.73 Å². The largest absolute Gasteiger partial charge is 0.330 e. The van der Waals surface area contributed by atoms with Crippen LogP contribution in [-0.2, 0) is 4.79 Å². The van der Waals surface area contributed by atoms with Crippen molar-refractivity contribution in [2.45, 2.75) is 90.4 Å². The molecule has 0 aliphatic heterocycles. The van der Waals surface area contributed by atoms with Crippen LogP contribution in [0.5, 0.6) is 0 Å². The van der Waals surface area contributed by atoms with E-state index in [0.717, 1.165) is 19.3 Å². The normalized spacial score (nSPS) is 10.8. The molecule has 2 nitrogen and oxygen atoms in total. The second kappa shape index (κ2) is 14.7. The van der Waals surface area contributed by atoms with Crippen LogP contribution in [0.3, 0.4) is 0 Å². The van der Waals surface area contributed by atoms with Crippen molar-refractivity contribution in [2.24, 2.45) is 5.73 Å². The first-order chi connectivity index (χ1) is 8.81. The van der Waals surface area contributed by atoms with E-state index in [2.05, 4.69) is 6.92 Å². The van der Waals surface area contributed by atoms with Gasteiger partial charge in [-0.25, -0.2) is 0 Å². The second-order valence-corrected chi connectivity index (χ2v) is 5.36. The van der Waals surface area contributed by atoms with Crippen LogP contribution in [0.25, 0.3) is 0 Å². The molecule has 0 aliphatic carbocycles. The van der Waals surface area contributed by atoms with Gasteiger partial charge >= 0.3 is 0 Å². The van der Waals surface area contributed by atoms with Crippen LogP contribution in [0, 0.1) is 0 Å². The maximum atomic E-state index is 11.4. The molecule has 0 atom stereocenters. The minimum absolute atomic E-state index is 0.403. The van der Waals surface area contributed by atoms with E-state index in [1.807, 2.05) is 0 Å². The van der Waals surface area contributed by atoms with Gasteiger partial charge < -0.3 is 5.73 Å². The Hall–Kier alpha value is -0.370. The van der Waals surface area contributed by atoms with E-state index in [0.29, 0.717) is 18.7 Å². The van der Waals surface area contributed by atoms with E-state index >= 15 is 0 Å². The second-order valence-electron chi connectivity index (χ2n) is 5.36. The van der Waals surface area contributed by atoms with Gasteiger partial charge in [-0.05, 0) is 19.4 Å². The molecule has 0 amide bonds. The molecule has 0 rings (SSSR count). The van der Waals surface area contributed by atoms with Crippen molar-refractivity contribution < 1.29 is 4.79 Å². The molecule has 2 N–H and O–H groups in total. The highest BCUT2D eigenvalue weighted by molar-refractivity contribution is 5.78. The predicted octanol–water partition coefficient (Wildman–Crippen LogP) is 4.61. The van der Waals surface area contributed by atoms with Crippen LogP contribution < -0.4 is 5.73 Å². The first-order valence-electron chi connectivity index (χ1n) is 8.03. The lowest BCUT2D eigenvalue weighted by Crippen LogP contribution is -2.04. The van der Waals surface area contributed by atoms with Crippen LogP contribution in [0.4, 0.5) is 0 Å². The monoisotopic (exact) mass is 255 g/mol. The third-order valence-electron chi connectivity index (χ3n) is 3.47. The molecular formula is C16H33NO. The van der Waals surface area contributed by atoms with Crippen LogP contribution in [-0.4, -0.2) is 12.3 Å². The van der Waals surface area contributed by atoms with E-state index in [-0.39, 0.29) is 0 Å². The molecular weight excluding hydrogens is 222 g/mol. The standard InChI is InChI=1S/C16H33NO/c1-2-3-4-5-6-7-8-9-10-11-13-16(18)14-12-15-17/h2-15,17H2,1H3. The molecule has 0 saturated carbocycles. The summed E-state index contributed by atoms with van der Waals surface area (Å²) < 4.78 is 0. The zero-order valence-corrected chi connectivity index (χ0v) is 12.4. The average molecular weight is 255 g/mol. The molecule has 2 heteroatoms. The Labute approximate surface area is 114 Å². The van der Waals surface area contributed by atoms with Gasteiger partial charge in [0.25, 0.3) is 0 Å². The van der Waals surface area contributed by atoms with Crippen molar-refractivity contribution in [1.29, 1.82) is 0 Å². The molecule has 0 aromatic rings. The van der Waals surface area contributed by atoms with Crippen LogP contribution in [0.15, 0.2) is 0 Å². The highest BCUT2D eigenvalue weighted by Crippen LogP contribution is 2.11. The van der Waals surface area contributed by atoms with Gasteiger partial charge in [0, 0.05) is 12.8 Å². The first-order valence-corrected chi connectivity index (χ1v) is 8.03. The quantitative estimate of drug-likeness (QED) is 0.461. The summed E-state index contributed by atoms with van der Waals surface area (Å²) in [5.74, 6) is 0.403. The maximum absolute atomic E-state index is 11.4. The van der Waals surface area contributed by atoms with Gasteiger partial charge in [0.05, 0.1) is 0 Å². The van der Waals surface area contributed by atoms with Crippen LogP contribution in [0.1, 0.15) is 90.4 Å². The third-order valence-corrected chi connectivity index (χ3v) is 3.47. The molecule has 0 saturated heterocycles. The summed E-state index contributed by atoms with van der Waals surface area (Å²) in [6, 6.07) is 0. The van der Waals surface area contributed by atoms with Gasteiger partial charge in [0.2, 0.25) is 0 Å². The molecule has 0 bridgehead atoms. The van der Waals surface area contributed by atoms with Crippen molar-refractivity contribution >= 4 is 5.78 Å². The smallest absolute Gasteiger partial charge is 0.132 e. The van der Waals surface area contributed by atoms with E-state index in [9.17, 15) is 4.79 Å². The van der Waals surface area contributed by atoms with Crippen molar-refractivity contribution in [3.63, 3.8) is 0 Å². The Morgan fingerprint density at radius 3 is 1.67 bits per heavy atom. The summed E-state index contributed by atoms with van der Waals surface area (Å²) >= 11 is 0. The Bertz CT molecular complexity index is 180. The highest BCUT2D eigenvalue weighted by atomic mass is 16.1.